The molecule has 3 atom stereocenters. The summed E-state index contributed by atoms with van der Waals surface area (Å²) in [6, 6.07) is 8.41. The molecule has 1 aliphatic rings. The minimum absolute atomic E-state index is 0.193. The van der Waals surface area contributed by atoms with E-state index in [1.165, 1.54) is 6.42 Å². The SMILES string of the molecule is CC(C)C1CCC(C)C(OS(=O)(=O)c2ccccc2)C1. The monoisotopic (exact) mass is 296 g/mol. The molecule has 0 radical (unpaired) electrons. The fraction of sp³-hybridized carbons (Fsp3) is 0.625. The van der Waals surface area contributed by atoms with Gasteiger partial charge in [0.25, 0.3) is 10.1 Å². The zero-order chi connectivity index (χ0) is 14.8. The van der Waals surface area contributed by atoms with Gasteiger partial charge in [0.2, 0.25) is 0 Å². The van der Waals surface area contributed by atoms with Gasteiger partial charge in [-0.15, -0.1) is 0 Å². The van der Waals surface area contributed by atoms with Crippen molar-refractivity contribution >= 4 is 10.1 Å². The maximum absolute atomic E-state index is 12.3. The molecule has 1 aromatic carbocycles. The Hall–Kier alpha value is -0.870. The molecule has 3 nitrogen and oxygen atoms in total. The zero-order valence-electron chi connectivity index (χ0n) is 12.5. The summed E-state index contributed by atoms with van der Waals surface area (Å²) in [5.41, 5.74) is 0. The molecule has 112 valence electrons. The molecule has 0 amide bonds. The van der Waals surface area contributed by atoms with Gasteiger partial charge in [-0.3, -0.25) is 4.18 Å². The summed E-state index contributed by atoms with van der Waals surface area (Å²) in [6.07, 6.45) is 2.86. The quantitative estimate of drug-likeness (QED) is 0.793. The maximum Gasteiger partial charge on any atom is 0.297 e. The molecule has 20 heavy (non-hydrogen) atoms. The first-order valence-corrected chi connectivity index (χ1v) is 8.79. The highest BCUT2D eigenvalue weighted by molar-refractivity contribution is 7.86. The van der Waals surface area contributed by atoms with E-state index in [0.29, 0.717) is 17.8 Å². The molecular weight excluding hydrogens is 272 g/mol. The molecule has 0 aliphatic heterocycles. The van der Waals surface area contributed by atoms with Crippen molar-refractivity contribution in [3.8, 4) is 0 Å². The molecule has 0 heterocycles. The average Bonchev–Trinajstić information content (AvgIpc) is 2.42. The summed E-state index contributed by atoms with van der Waals surface area (Å²) < 4.78 is 30.1. The molecule has 0 spiro atoms. The Morgan fingerprint density at radius 1 is 1.15 bits per heavy atom. The molecule has 1 aliphatic carbocycles. The van der Waals surface area contributed by atoms with Gasteiger partial charge in [-0.25, -0.2) is 0 Å². The third-order valence-corrected chi connectivity index (χ3v) is 5.74. The van der Waals surface area contributed by atoms with Gasteiger partial charge in [0.1, 0.15) is 0 Å². The second kappa shape index (κ2) is 6.27. The first-order chi connectivity index (χ1) is 9.40. The van der Waals surface area contributed by atoms with Crippen LogP contribution in [0.1, 0.15) is 40.0 Å². The summed E-state index contributed by atoms with van der Waals surface area (Å²) >= 11 is 0. The van der Waals surface area contributed by atoms with Crippen LogP contribution in [0.2, 0.25) is 0 Å². The molecule has 0 bridgehead atoms. The summed E-state index contributed by atoms with van der Waals surface area (Å²) in [5, 5.41) is 0. The molecule has 1 saturated carbocycles. The van der Waals surface area contributed by atoms with E-state index in [9.17, 15) is 8.42 Å². The summed E-state index contributed by atoms with van der Waals surface area (Å²) in [4.78, 5) is 0.249. The molecule has 0 saturated heterocycles. The van der Waals surface area contributed by atoms with Gasteiger partial charge in [-0.2, -0.15) is 8.42 Å². The Kier molecular flexibility index (Phi) is 4.86. The Morgan fingerprint density at radius 3 is 2.40 bits per heavy atom. The Bertz CT molecular complexity index is 522. The third-order valence-electron chi connectivity index (χ3n) is 4.39. The molecule has 0 N–H and O–H groups in total. The van der Waals surface area contributed by atoms with Crippen LogP contribution in [-0.2, 0) is 14.3 Å². The van der Waals surface area contributed by atoms with E-state index in [-0.39, 0.29) is 11.0 Å². The van der Waals surface area contributed by atoms with Crippen LogP contribution < -0.4 is 0 Å². The summed E-state index contributed by atoms with van der Waals surface area (Å²) in [7, 11) is -3.64. The van der Waals surface area contributed by atoms with Crippen molar-refractivity contribution in [3.05, 3.63) is 30.3 Å². The van der Waals surface area contributed by atoms with Gasteiger partial charge in [-0.05, 0) is 49.1 Å². The van der Waals surface area contributed by atoms with Gasteiger partial charge in [0.15, 0.2) is 0 Å². The Balaban J connectivity index is 2.11. The number of rotatable bonds is 4. The topological polar surface area (TPSA) is 43.4 Å². The van der Waals surface area contributed by atoms with E-state index in [0.717, 1.165) is 12.8 Å². The van der Waals surface area contributed by atoms with Crippen molar-refractivity contribution in [3.63, 3.8) is 0 Å². The van der Waals surface area contributed by atoms with Crippen LogP contribution in [0.5, 0.6) is 0 Å². The highest BCUT2D eigenvalue weighted by atomic mass is 32.2. The molecule has 0 aromatic heterocycles. The number of hydrogen-bond donors (Lipinski definition) is 0. The number of hydrogen-bond acceptors (Lipinski definition) is 3. The fourth-order valence-corrected chi connectivity index (χ4v) is 4.05. The largest absolute Gasteiger partial charge is 0.297 e. The predicted octanol–water partition coefficient (Wildman–Crippen LogP) is 3.85. The van der Waals surface area contributed by atoms with Crippen molar-refractivity contribution < 1.29 is 12.6 Å². The lowest BCUT2D eigenvalue weighted by Crippen LogP contribution is -2.33. The van der Waals surface area contributed by atoms with E-state index in [1.54, 1.807) is 30.3 Å². The van der Waals surface area contributed by atoms with Crippen molar-refractivity contribution in [1.82, 2.24) is 0 Å². The third kappa shape index (κ3) is 3.61. The van der Waals surface area contributed by atoms with Crippen molar-refractivity contribution in [2.75, 3.05) is 0 Å². The second-order valence-corrected chi connectivity index (χ2v) is 7.77. The average molecular weight is 296 g/mol. The molecule has 1 aromatic rings. The van der Waals surface area contributed by atoms with E-state index in [2.05, 4.69) is 20.8 Å². The van der Waals surface area contributed by atoms with Gasteiger partial charge in [0, 0.05) is 0 Å². The fourth-order valence-electron chi connectivity index (χ4n) is 2.86. The number of benzene rings is 1. The second-order valence-electron chi connectivity index (χ2n) is 6.20. The standard InChI is InChI=1S/C16H24O3S/c1-12(2)14-10-9-13(3)16(11-14)19-20(17,18)15-7-5-4-6-8-15/h4-8,12-14,16H,9-11H2,1-3H3. The van der Waals surface area contributed by atoms with Crippen LogP contribution in [0.4, 0.5) is 0 Å². The Morgan fingerprint density at radius 2 is 1.80 bits per heavy atom. The van der Waals surface area contributed by atoms with Crippen LogP contribution in [0, 0.1) is 17.8 Å². The lowest BCUT2D eigenvalue weighted by atomic mass is 9.76. The molecule has 2 rings (SSSR count). The smallest absolute Gasteiger partial charge is 0.263 e. The lowest BCUT2D eigenvalue weighted by molar-refractivity contribution is 0.0656. The summed E-state index contributed by atoms with van der Waals surface area (Å²) in [5.74, 6) is 1.43. The van der Waals surface area contributed by atoms with E-state index in [4.69, 9.17) is 4.18 Å². The van der Waals surface area contributed by atoms with Crippen LogP contribution in [0.3, 0.4) is 0 Å². The van der Waals surface area contributed by atoms with E-state index >= 15 is 0 Å². The normalized spacial score (nSPS) is 27.7. The molecule has 1 fully saturated rings. The van der Waals surface area contributed by atoms with Crippen molar-refractivity contribution in [2.24, 2.45) is 17.8 Å². The minimum Gasteiger partial charge on any atom is -0.263 e. The minimum atomic E-state index is -3.64. The maximum atomic E-state index is 12.3. The summed E-state index contributed by atoms with van der Waals surface area (Å²) in [6.45, 7) is 6.48. The van der Waals surface area contributed by atoms with Gasteiger partial charge >= 0.3 is 0 Å². The van der Waals surface area contributed by atoms with Gasteiger partial charge < -0.3 is 0 Å². The van der Waals surface area contributed by atoms with E-state index in [1.807, 2.05) is 0 Å². The van der Waals surface area contributed by atoms with Crippen molar-refractivity contribution in [2.45, 2.75) is 51.0 Å². The molecular formula is C16H24O3S. The van der Waals surface area contributed by atoms with Crippen LogP contribution >= 0.6 is 0 Å². The Labute approximate surface area is 122 Å². The molecule has 3 unspecified atom stereocenters. The van der Waals surface area contributed by atoms with Crippen LogP contribution in [-0.4, -0.2) is 14.5 Å². The van der Waals surface area contributed by atoms with Crippen molar-refractivity contribution in [1.29, 1.82) is 0 Å². The first kappa shape index (κ1) is 15.5. The van der Waals surface area contributed by atoms with Crippen LogP contribution in [0.15, 0.2) is 35.2 Å². The molecule has 4 heteroatoms. The first-order valence-electron chi connectivity index (χ1n) is 7.38. The zero-order valence-corrected chi connectivity index (χ0v) is 13.3. The highest BCUT2D eigenvalue weighted by Gasteiger charge is 2.33. The predicted molar refractivity (Wildman–Crippen MR) is 79.8 cm³/mol. The highest BCUT2D eigenvalue weighted by Crippen LogP contribution is 2.36. The lowest BCUT2D eigenvalue weighted by Gasteiger charge is -2.35. The van der Waals surface area contributed by atoms with Gasteiger partial charge in [0.05, 0.1) is 11.0 Å². The van der Waals surface area contributed by atoms with Gasteiger partial charge in [-0.1, -0.05) is 39.0 Å². The van der Waals surface area contributed by atoms with Crippen LogP contribution in [0.25, 0.3) is 0 Å². The van der Waals surface area contributed by atoms with E-state index < -0.39 is 10.1 Å².